The van der Waals surface area contributed by atoms with E-state index in [1.54, 1.807) is 0 Å². The molecule has 0 aliphatic carbocycles. The second-order valence-electron chi connectivity index (χ2n) is 17.7. The van der Waals surface area contributed by atoms with Gasteiger partial charge in [0.05, 0.1) is 33.5 Å². The minimum Gasteiger partial charge on any atom is -0.309 e. The van der Waals surface area contributed by atoms with E-state index in [1.165, 1.54) is 59.4 Å². The van der Waals surface area contributed by atoms with Crippen LogP contribution >= 0.6 is 0 Å². The Morgan fingerprint density at radius 2 is 0.647 bits per heavy atom. The normalized spacial score (nSPS) is 11.8. The molecule has 0 radical (unpaired) electrons. The first-order chi connectivity index (χ1) is 33.7. The Balaban J connectivity index is 1.03. The lowest BCUT2D eigenvalue weighted by molar-refractivity contribution is 1.16. The zero-order valence-corrected chi connectivity index (χ0v) is 36.9. The van der Waals surface area contributed by atoms with Gasteiger partial charge in [-0.2, -0.15) is 0 Å². The van der Waals surface area contributed by atoms with E-state index < -0.39 is 0 Å². The summed E-state index contributed by atoms with van der Waals surface area (Å²) in [6.07, 6.45) is 0. The van der Waals surface area contributed by atoms with Gasteiger partial charge in [-0.05, 0) is 110 Å². The van der Waals surface area contributed by atoms with Crippen molar-refractivity contribution in [3.63, 3.8) is 0 Å². The first-order valence-corrected chi connectivity index (χ1v) is 23.2. The largest absolute Gasteiger partial charge is 0.309 e. The predicted octanol–water partition coefficient (Wildman–Crippen LogP) is 16.8. The molecule has 0 aliphatic rings. The molecule has 14 aromatic rings. The molecule has 0 saturated carbocycles. The Morgan fingerprint density at radius 3 is 1.25 bits per heavy atom. The number of fused-ring (bicyclic) bond motifs is 12. The standard InChI is InChI=1S/C64H40N4/c1-3-17-41(18-4-1)64-65-58(43-32-34-56-55-27-13-14-28-60(55)67(63(56)39-43)46-19-5-2-6-20-46)40-59(66-64)45-35-44(36-47(37-45)68-61-29-15-11-25-53(61)54-26-12-16-30-62(54)68)42-31-33-52-50-23-8-7-21-48(50)49-22-9-10-24-51(49)57(52)38-42/h1-40H. The summed E-state index contributed by atoms with van der Waals surface area (Å²) in [5.41, 5.74) is 13.7. The van der Waals surface area contributed by atoms with Gasteiger partial charge in [0.25, 0.3) is 0 Å². The lowest BCUT2D eigenvalue weighted by Gasteiger charge is -2.16. The summed E-state index contributed by atoms with van der Waals surface area (Å²) in [6.45, 7) is 0. The molecule has 0 bridgehead atoms. The average molecular weight is 865 g/mol. The first kappa shape index (κ1) is 38.2. The summed E-state index contributed by atoms with van der Waals surface area (Å²) >= 11 is 0. The molecule has 0 N–H and O–H groups in total. The van der Waals surface area contributed by atoms with E-state index in [1.807, 2.05) is 6.07 Å². The molecule has 0 atom stereocenters. The lowest BCUT2D eigenvalue weighted by Crippen LogP contribution is -1.99. The minimum atomic E-state index is 0.676. The fourth-order valence-electron chi connectivity index (χ4n) is 10.8. The van der Waals surface area contributed by atoms with Crippen molar-refractivity contribution in [1.82, 2.24) is 19.1 Å². The van der Waals surface area contributed by atoms with Gasteiger partial charge in [0.15, 0.2) is 5.82 Å². The maximum Gasteiger partial charge on any atom is 0.160 e. The van der Waals surface area contributed by atoms with Gasteiger partial charge < -0.3 is 9.13 Å². The molecular weight excluding hydrogens is 825 g/mol. The molecule has 4 nitrogen and oxygen atoms in total. The monoisotopic (exact) mass is 864 g/mol. The number of benzene rings is 11. The number of nitrogens with zero attached hydrogens (tertiary/aromatic N) is 4. The fourth-order valence-corrected chi connectivity index (χ4v) is 10.8. The van der Waals surface area contributed by atoms with Gasteiger partial charge in [0, 0.05) is 49.6 Å². The molecule has 3 aromatic heterocycles. The number of hydrogen-bond donors (Lipinski definition) is 0. The highest BCUT2D eigenvalue weighted by Crippen LogP contribution is 2.41. The van der Waals surface area contributed by atoms with Crippen LogP contribution in [0.2, 0.25) is 0 Å². The van der Waals surface area contributed by atoms with Crippen molar-refractivity contribution in [2.75, 3.05) is 0 Å². The van der Waals surface area contributed by atoms with Crippen molar-refractivity contribution >= 4 is 75.9 Å². The van der Waals surface area contributed by atoms with Gasteiger partial charge in [0.1, 0.15) is 0 Å². The fraction of sp³-hybridized carbons (Fsp3) is 0. The second-order valence-corrected chi connectivity index (χ2v) is 17.7. The molecule has 0 amide bonds. The number of para-hydroxylation sites is 4. The Kier molecular flexibility index (Phi) is 8.55. The third kappa shape index (κ3) is 6.01. The van der Waals surface area contributed by atoms with Crippen molar-refractivity contribution in [3.05, 3.63) is 243 Å². The van der Waals surface area contributed by atoms with Gasteiger partial charge in [-0.15, -0.1) is 0 Å². The van der Waals surface area contributed by atoms with Crippen LogP contribution in [-0.2, 0) is 0 Å². The SMILES string of the molecule is c1ccc(-c2nc(-c3cc(-c4ccc5c6ccccc6c6ccccc6c5c4)cc(-n4c5ccccc5c5ccccc54)c3)cc(-c3ccc4c5ccccc5n(-c5ccccc5)c4c3)n2)cc1. The second kappa shape index (κ2) is 15.2. The topological polar surface area (TPSA) is 35.6 Å². The third-order valence-electron chi connectivity index (χ3n) is 13.9. The quantitative estimate of drug-likeness (QED) is 0.156. The molecule has 0 spiro atoms. The van der Waals surface area contributed by atoms with Gasteiger partial charge in [0.2, 0.25) is 0 Å². The molecule has 0 saturated heterocycles. The Bertz CT molecular complexity index is 4230. The molecule has 4 heteroatoms. The third-order valence-corrected chi connectivity index (χ3v) is 13.9. The summed E-state index contributed by atoms with van der Waals surface area (Å²) in [6, 6.07) is 87.6. The molecule has 68 heavy (non-hydrogen) atoms. The summed E-state index contributed by atoms with van der Waals surface area (Å²) in [5, 5.41) is 12.4. The van der Waals surface area contributed by atoms with E-state index in [0.717, 1.165) is 67.1 Å². The molecule has 3 heterocycles. The molecule has 0 unspecified atom stereocenters. The van der Waals surface area contributed by atoms with E-state index in [4.69, 9.17) is 9.97 Å². The maximum atomic E-state index is 5.44. The summed E-state index contributed by atoms with van der Waals surface area (Å²) < 4.78 is 4.78. The highest BCUT2D eigenvalue weighted by molar-refractivity contribution is 6.26. The van der Waals surface area contributed by atoms with Crippen LogP contribution in [0.1, 0.15) is 0 Å². The van der Waals surface area contributed by atoms with E-state index in [-0.39, 0.29) is 0 Å². The van der Waals surface area contributed by atoms with Gasteiger partial charge in [-0.25, -0.2) is 9.97 Å². The van der Waals surface area contributed by atoms with Gasteiger partial charge in [-0.1, -0.05) is 176 Å². The van der Waals surface area contributed by atoms with Gasteiger partial charge in [-0.3, -0.25) is 0 Å². The highest BCUT2D eigenvalue weighted by Gasteiger charge is 2.19. The Morgan fingerprint density at radius 1 is 0.221 bits per heavy atom. The van der Waals surface area contributed by atoms with Crippen LogP contribution in [0.25, 0.3) is 132 Å². The average Bonchev–Trinajstić information content (AvgIpc) is 3.94. The van der Waals surface area contributed by atoms with Crippen molar-refractivity contribution < 1.29 is 0 Å². The molecular formula is C64H40N4. The van der Waals surface area contributed by atoms with Crippen LogP contribution < -0.4 is 0 Å². The van der Waals surface area contributed by atoms with Crippen LogP contribution in [0.4, 0.5) is 0 Å². The lowest BCUT2D eigenvalue weighted by atomic mass is 9.91. The smallest absolute Gasteiger partial charge is 0.160 e. The van der Waals surface area contributed by atoms with Gasteiger partial charge >= 0.3 is 0 Å². The van der Waals surface area contributed by atoms with Crippen molar-refractivity contribution in [3.8, 4) is 56.4 Å². The first-order valence-electron chi connectivity index (χ1n) is 23.2. The van der Waals surface area contributed by atoms with E-state index >= 15 is 0 Å². The summed E-state index contributed by atoms with van der Waals surface area (Å²) in [4.78, 5) is 10.8. The molecule has 316 valence electrons. The highest BCUT2D eigenvalue weighted by atomic mass is 15.0. The number of rotatable bonds is 6. The van der Waals surface area contributed by atoms with Crippen molar-refractivity contribution in [2.24, 2.45) is 0 Å². The zero-order valence-electron chi connectivity index (χ0n) is 36.9. The van der Waals surface area contributed by atoms with Crippen LogP contribution in [-0.4, -0.2) is 19.1 Å². The van der Waals surface area contributed by atoms with Crippen molar-refractivity contribution in [2.45, 2.75) is 0 Å². The van der Waals surface area contributed by atoms with E-state index in [0.29, 0.717) is 5.82 Å². The zero-order chi connectivity index (χ0) is 44.7. The molecule has 0 fully saturated rings. The summed E-state index contributed by atoms with van der Waals surface area (Å²) in [7, 11) is 0. The number of hydrogen-bond acceptors (Lipinski definition) is 2. The van der Waals surface area contributed by atoms with Crippen LogP contribution in [0.5, 0.6) is 0 Å². The van der Waals surface area contributed by atoms with E-state index in [2.05, 4.69) is 246 Å². The molecule has 11 aromatic carbocycles. The molecule has 0 aliphatic heterocycles. The van der Waals surface area contributed by atoms with Crippen LogP contribution in [0.3, 0.4) is 0 Å². The van der Waals surface area contributed by atoms with Crippen LogP contribution in [0, 0.1) is 0 Å². The maximum absolute atomic E-state index is 5.44. The number of aromatic nitrogens is 4. The summed E-state index contributed by atoms with van der Waals surface area (Å²) in [5.74, 6) is 0.676. The van der Waals surface area contributed by atoms with Crippen LogP contribution in [0.15, 0.2) is 243 Å². The van der Waals surface area contributed by atoms with Crippen molar-refractivity contribution in [1.29, 1.82) is 0 Å². The predicted molar refractivity (Wildman–Crippen MR) is 285 cm³/mol. The Hall–Kier alpha value is -9.12. The minimum absolute atomic E-state index is 0.676. The Labute approximate surface area is 392 Å². The van der Waals surface area contributed by atoms with E-state index in [9.17, 15) is 0 Å². The molecule has 14 rings (SSSR count).